The van der Waals surface area contributed by atoms with Gasteiger partial charge in [0, 0.05) is 11.6 Å². The first kappa shape index (κ1) is 8.99. The largest absolute Gasteiger partial charge is 0.487 e. The van der Waals surface area contributed by atoms with Crippen LogP contribution < -0.4 is 4.74 Å². The fourth-order valence-electron chi connectivity index (χ4n) is 1.67. The Morgan fingerprint density at radius 2 is 2.21 bits per heavy atom. The minimum Gasteiger partial charge on any atom is -0.487 e. The van der Waals surface area contributed by atoms with Crippen LogP contribution >= 0.6 is 0 Å². The van der Waals surface area contributed by atoms with Gasteiger partial charge in [-0.3, -0.25) is 10.1 Å². The molecule has 0 aromatic heterocycles. The summed E-state index contributed by atoms with van der Waals surface area (Å²) in [6.45, 7) is 0.581. The zero-order valence-corrected chi connectivity index (χ0v) is 7.73. The van der Waals surface area contributed by atoms with Gasteiger partial charge in [-0.15, -0.1) is 0 Å². The summed E-state index contributed by atoms with van der Waals surface area (Å²) in [7, 11) is 0. The van der Waals surface area contributed by atoms with Crippen molar-refractivity contribution in [1.82, 2.24) is 0 Å². The highest BCUT2D eigenvalue weighted by Gasteiger charge is 2.20. The fourth-order valence-corrected chi connectivity index (χ4v) is 1.67. The van der Waals surface area contributed by atoms with E-state index in [2.05, 4.69) is 0 Å². The Kier molecular flexibility index (Phi) is 2.35. The van der Waals surface area contributed by atoms with E-state index in [4.69, 9.17) is 4.74 Å². The Morgan fingerprint density at radius 3 is 3.00 bits per heavy atom. The monoisotopic (exact) mass is 193 g/mol. The van der Waals surface area contributed by atoms with Gasteiger partial charge in [-0.25, -0.2) is 0 Å². The van der Waals surface area contributed by atoms with Crippen molar-refractivity contribution in [3.8, 4) is 5.75 Å². The van der Waals surface area contributed by atoms with E-state index in [1.807, 2.05) is 6.07 Å². The molecule has 0 saturated carbocycles. The molecule has 1 aliphatic heterocycles. The number of hydrogen-bond acceptors (Lipinski definition) is 3. The standard InChI is InChI=1S/C10H11NO3/c12-11(13)9-6-3-5-8-4-1-2-7-14-10(8)9/h3,5-6H,1-2,4,7H2. The van der Waals surface area contributed by atoms with Crippen LogP contribution in [-0.2, 0) is 6.42 Å². The molecule has 4 nitrogen and oxygen atoms in total. The molecule has 0 radical (unpaired) electrons. The highest BCUT2D eigenvalue weighted by atomic mass is 16.6. The predicted molar refractivity (Wildman–Crippen MR) is 51.5 cm³/mol. The summed E-state index contributed by atoms with van der Waals surface area (Å²) >= 11 is 0. The number of fused-ring (bicyclic) bond motifs is 1. The van der Waals surface area contributed by atoms with Gasteiger partial charge in [-0.1, -0.05) is 12.1 Å². The molecule has 14 heavy (non-hydrogen) atoms. The molecular formula is C10H11NO3. The number of rotatable bonds is 1. The molecule has 4 heteroatoms. The lowest BCUT2D eigenvalue weighted by atomic mass is 10.1. The fraction of sp³-hybridized carbons (Fsp3) is 0.400. The second kappa shape index (κ2) is 3.65. The Labute approximate surface area is 81.7 Å². The average molecular weight is 193 g/mol. The number of nitrogens with zero attached hydrogens (tertiary/aromatic N) is 1. The van der Waals surface area contributed by atoms with Crippen LogP contribution in [-0.4, -0.2) is 11.5 Å². The molecule has 0 unspecified atom stereocenters. The van der Waals surface area contributed by atoms with Gasteiger partial charge in [0.05, 0.1) is 11.5 Å². The van der Waals surface area contributed by atoms with Crippen molar-refractivity contribution in [3.63, 3.8) is 0 Å². The summed E-state index contributed by atoms with van der Waals surface area (Å²) in [5, 5.41) is 10.7. The van der Waals surface area contributed by atoms with Crippen LogP contribution in [0, 0.1) is 10.1 Å². The van der Waals surface area contributed by atoms with Gasteiger partial charge in [-0.2, -0.15) is 0 Å². The molecule has 0 aliphatic carbocycles. The van der Waals surface area contributed by atoms with Gasteiger partial charge in [-0.05, 0) is 19.3 Å². The highest BCUT2D eigenvalue weighted by molar-refractivity contribution is 5.52. The third-order valence-corrected chi connectivity index (χ3v) is 2.36. The summed E-state index contributed by atoms with van der Waals surface area (Å²) in [5.74, 6) is 0.468. The van der Waals surface area contributed by atoms with Crippen LogP contribution in [0.4, 0.5) is 5.69 Å². The maximum Gasteiger partial charge on any atom is 0.311 e. The molecule has 1 aromatic rings. The SMILES string of the molecule is O=[N+]([O-])c1cccc2c1OCCCC2. The second-order valence-electron chi connectivity index (χ2n) is 3.33. The lowest BCUT2D eigenvalue weighted by Crippen LogP contribution is -1.99. The molecule has 1 aromatic carbocycles. The predicted octanol–water partition coefficient (Wildman–Crippen LogP) is 2.31. The van der Waals surface area contributed by atoms with Crippen LogP contribution in [0.1, 0.15) is 18.4 Å². The maximum atomic E-state index is 10.7. The first-order valence-corrected chi connectivity index (χ1v) is 4.68. The zero-order valence-electron chi connectivity index (χ0n) is 7.73. The third kappa shape index (κ3) is 1.55. The van der Waals surface area contributed by atoms with E-state index in [9.17, 15) is 10.1 Å². The number of benzene rings is 1. The number of nitro groups is 1. The molecule has 0 atom stereocenters. The Bertz CT molecular complexity index is 362. The van der Waals surface area contributed by atoms with E-state index in [1.165, 1.54) is 6.07 Å². The van der Waals surface area contributed by atoms with Crippen LogP contribution in [0.2, 0.25) is 0 Å². The zero-order chi connectivity index (χ0) is 9.97. The molecular weight excluding hydrogens is 182 g/mol. The van der Waals surface area contributed by atoms with Crippen molar-refractivity contribution in [2.45, 2.75) is 19.3 Å². The van der Waals surface area contributed by atoms with E-state index in [1.54, 1.807) is 6.07 Å². The number of ether oxygens (including phenoxy) is 1. The van der Waals surface area contributed by atoms with E-state index >= 15 is 0 Å². The minimum absolute atomic E-state index is 0.0874. The molecule has 0 fully saturated rings. The lowest BCUT2D eigenvalue weighted by Gasteiger charge is -2.06. The summed E-state index contributed by atoms with van der Waals surface area (Å²) < 4.78 is 5.40. The minimum atomic E-state index is -0.385. The van der Waals surface area contributed by atoms with Crippen LogP contribution in [0.3, 0.4) is 0 Å². The quantitative estimate of drug-likeness (QED) is 0.508. The van der Waals surface area contributed by atoms with Crippen molar-refractivity contribution in [2.24, 2.45) is 0 Å². The Hall–Kier alpha value is -1.58. The number of para-hydroxylation sites is 1. The molecule has 0 spiro atoms. The van der Waals surface area contributed by atoms with Gasteiger partial charge in [0.25, 0.3) is 0 Å². The topological polar surface area (TPSA) is 52.4 Å². The van der Waals surface area contributed by atoms with Crippen molar-refractivity contribution in [2.75, 3.05) is 6.61 Å². The van der Waals surface area contributed by atoms with E-state index in [0.29, 0.717) is 12.4 Å². The summed E-state index contributed by atoms with van der Waals surface area (Å²) in [6, 6.07) is 5.10. The first-order chi connectivity index (χ1) is 6.79. The van der Waals surface area contributed by atoms with Gasteiger partial charge >= 0.3 is 5.69 Å². The Morgan fingerprint density at radius 1 is 1.36 bits per heavy atom. The molecule has 0 saturated heterocycles. The van der Waals surface area contributed by atoms with Gasteiger partial charge in [0.1, 0.15) is 0 Å². The van der Waals surface area contributed by atoms with E-state index < -0.39 is 0 Å². The van der Waals surface area contributed by atoms with E-state index in [0.717, 1.165) is 24.8 Å². The normalized spacial score (nSPS) is 15.1. The van der Waals surface area contributed by atoms with Gasteiger partial charge < -0.3 is 4.74 Å². The number of aryl methyl sites for hydroxylation is 1. The molecule has 2 rings (SSSR count). The van der Waals surface area contributed by atoms with E-state index in [-0.39, 0.29) is 10.6 Å². The van der Waals surface area contributed by atoms with Crippen molar-refractivity contribution in [3.05, 3.63) is 33.9 Å². The lowest BCUT2D eigenvalue weighted by molar-refractivity contribution is -0.385. The van der Waals surface area contributed by atoms with Gasteiger partial charge in [0.15, 0.2) is 5.75 Å². The van der Waals surface area contributed by atoms with Crippen molar-refractivity contribution >= 4 is 5.69 Å². The van der Waals surface area contributed by atoms with Crippen molar-refractivity contribution in [1.29, 1.82) is 0 Å². The van der Waals surface area contributed by atoms with Crippen LogP contribution in [0.15, 0.2) is 18.2 Å². The van der Waals surface area contributed by atoms with Crippen molar-refractivity contribution < 1.29 is 9.66 Å². The Balaban J connectivity index is 2.47. The molecule has 0 amide bonds. The summed E-state index contributed by atoms with van der Waals surface area (Å²) in [4.78, 5) is 10.3. The third-order valence-electron chi connectivity index (χ3n) is 2.36. The summed E-state index contributed by atoms with van der Waals surface area (Å²) in [5.41, 5.74) is 1.04. The molecule has 74 valence electrons. The number of hydrogen-bond donors (Lipinski definition) is 0. The summed E-state index contributed by atoms with van der Waals surface area (Å²) in [6.07, 6.45) is 2.87. The molecule has 1 heterocycles. The molecule has 0 bridgehead atoms. The highest BCUT2D eigenvalue weighted by Crippen LogP contribution is 2.33. The first-order valence-electron chi connectivity index (χ1n) is 4.68. The average Bonchev–Trinajstić information content (AvgIpc) is 2.41. The van der Waals surface area contributed by atoms with Crippen LogP contribution in [0.5, 0.6) is 5.75 Å². The molecule has 1 aliphatic rings. The molecule has 0 N–H and O–H groups in total. The maximum absolute atomic E-state index is 10.7. The van der Waals surface area contributed by atoms with Crippen LogP contribution in [0.25, 0.3) is 0 Å². The van der Waals surface area contributed by atoms with Gasteiger partial charge in [0.2, 0.25) is 0 Å². The second-order valence-corrected chi connectivity index (χ2v) is 3.33. The number of nitro benzene ring substituents is 1. The smallest absolute Gasteiger partial charge is 0.311 e.